The van der Waals surface area contributed by atoms with Gasteiger partial charge in [-0.2, -0.15) is 31.4 Å². The number of carboxylic acids is 1. The Morgan fingerprint density at radius 2 is 1.55 bits per heavy atom. The number of hydrogen-bond donors (Lipinski definition) is 1. The topological polar surface area (TPSA) is 90.1 Å². The lowest BCUT2D eigenvalue weighted by molar-refractivity contribution is -0.142. The largest absolute Gasteiger partial charge is 0.488 e. The Morgan fingerprint density at radius 3 is 2.17 bits per heavy atom. The highest BCUT2D eigenvalue weighted by Gasteiger charge is 2.39. The number of ether oxygens (including phenoxy) is 1. The van der Waals surface area contributed by atoms with Crippen molar-refractivity contribution in [3.05, 3.63) is 114 Å². The van der Waals surface area contributed by atoms with Gasteiger partial charge in [-0.3, -0.25) is 4.98 Å². The van der Waals surface area contributed by atoms with Gasteiger partial charge in [0.05, 0.1) is 5.69 Å². The van der Waals surface area contributed by atoms with Crippen molar-refractivity contribution in [2.45, 2.75) is 19.0 Å². The van der Waals surface area contributed by atoms with Gasteiger partial charge in [0.2, 0.25) is 0 Å². The Hall–Kier alpha value is -5.20. The van der Waals surface area contributed by atoms with Gasteiger partial charge in [0, 0.05) is 23.5 Å². The normalized spacial score (nSPS) is 11.9. The van der Waals surface area contributed by atoms with Crippen LogP contribution in [-0.4, -0.2) is 30.8 Å². The van der Waals surface area contributed by atoms with E-state index < -0.39 is 35.3 Å². The molecule has 3 heterocycles. The number of hydrogen-bond acceptors (Lipinski definition) is 5. The number of rotatable bonds is 7. The number of halogens is 6. The van der Waals surface area contributed by atoms with Crippen LogP contribution in [0.1, 0.15) is 27.3 Å². The molecule has 0 saturated heterocycles. The maximum absolute atomic E-state index is 13.3. The number of para-hydroxylation sites is 1. The van der Waals surface area contributed by atoms with Crippen LogP contribution < -0.4 is 4.74 Å². The molecule has 13 heteroatoms. The first-order valence-electron chi connectivity index (χ1n) is 12.1. The smallest absolute Gasteiger partial charge is 0.436 e. The van der Waals surface area contributed by atoms with Crippen molar-refractivity contribution < 1.29 is 41.0 Å². The van der Waals surface area contributed by atoms with E-state index in [-0.39, 0.29) is 12.4 Å². The molecular formula is C29H18F6N4O3. The lowest BCUT2D eigenvalue weighted by Gasteiger charge is -2.12. The van der Waals surface area contributed by atoms with Crippen LogP contribution in [0.4, 0.5) is 26.3 Å². The maximum atomic E-state index is 13.3. The third kappa shape index (κ3) is 6.09. The van der Waals surface area contributed by atoms with Crippen LogP contribution in [0.2, 0.25) is 0 Å². The van der Waals surface area contributed by atoms with Crippen LogP contribution in [0.15, 0.2) is 91.3 Å². The molecule has 0 atom stereocenters. The number of pyridine rings is 2. The lowest BCUT2D eigenvalue weighted by atomic mass is 10.1. The zero-order valence-corrected chi connectivity index (χ0v) is 21.2. The Kier molecular flexibility index (Phi) is 7.42. The molecule has 0 bridgehead atoms. The average molecular weight is 584 g/mol. The SMILES string of the molecule is O=C(O)c1cn(-c2cccc(-c3ccccc3OCc3ccc(-c4ccc(C(F)(F)F)nc4)cc3)n2)nc1C(F)(F)F. The number of aromatic nitrogens is 4. The van der Waals surface area contributed by atoms with E-state index in [2.05, 4.69) is 15.1 Å². The van der Waals surface area contributed by atoms with Crippen molar-refractivity contribution in [1.29, 1.82) is 0 Å². The molecule has 0 aliphatic carbocycles. The quantitative estimate of drug-likeness (QED) is 0.202. The first kappa shape index (κ1) is 28.3. The minimum absolute atomic E-state index is 0.0337. The van der Waals surface area contributed by atoms with E-state index >= 15 is 0 Å². The monoisotopic (exact) mass is 584 g/mol. The Balaban J connectivity index is 1.35. The second-order valence-corrected chi connectivity index (χ2v) is 8.93. The molecule has 0 aliphatic rings. The fourth-order valence-corrected chi connectivity index (χ4v) is 4.05. The molecule has 3 aromatic heterocycles. The molecule has 42 heavy (non-hydrogen) atoms. The highest BCUT2D eigenvalue weighted by atomic mass is 19.4. The zero-order chi connectivity index (χ0) is 30.1. The maximum Gasteiger partial charge on any atom is 0.436 e. The summed E-state index contributed by atoms with van der Waals surface area (Å²) >= 11 is 0. The summed E-state index contributed by atoms with van der Waals surface area (Å²) in [5, 5.41) is 12.6. The van der Waals surface area contributed by atoms with Gasteiger partial charge >= 0.3 is 18.3 Å². The van der Waals surface area contributed by atoms with Gasteiger partial charge in [-0.05, 0) is 41.5 Å². The molecule has 0 radical (unpaired) electrons. The molecule has 5 rings (SSSR count). The zero-order valence-electron chi connectivity index (χ0n) is 21.2. The van der Waals surface area contributed by atoms with Gasteiger partial charge in [-0.1, -0.05) is 48.5 Å². The fraction of sp³-hybridized carbons (Fsp3) is 0.103. The molecule has 0 spiro atoms. The first-order valence-corrected chi connectivity index (χ1v) is 12.1. The average Bonchev–Trinajstić information content (AvgIpc) is 3.44. The summed E-state index contributed by atoms with van der Waals surface area (Å²) in [4.78, 5) is 19.2. The lowest BCUT2D eigenvalue weighted by Crippen LogP contribution is -2.12. The van der Waals surface area contributed by atoms with E-state index in [1.807, 2.05) is 0 Å². The van der Waals surface area contributed by atoms with E-state index in [4.69, 9.17) is 4.74 Å². The van der Waals surface area contributed by atoms with Gasteiger partial charge in [-0.15, -0.1) is 0 Å². The van der Waals surface area contributed by atoms with Crippen LogP contribution >= 0.6 is 0 Å². The predicted octanol–water partition coefficient (Wildman–Crippen LogP) is 7.31. The predicted molar refractivity (Wildman–Crippen MR) is 138 cm³/mol. The van der Waals surface area contributed by atoms with Crippen LogP contribution in [0, 0.1) is 0 Å². The summed E-state index contributed by atoms with van der Waals surface area (Å²) in [5.41, 5.74) is -0.710. The van der Waals surface area contributed by atoms with E-state index in [9.17, 15) is 36.2 Å². The van der Waals surface area contributed by atoms with Crippen molar-refractivity contribution in [3.8, 4) is 34.0 Å². The molecule has 0 fully saturated rings. The fourth-order valence-electron chi connectivity index (χ4n) is 4.05. The highest BCUT2D eigenvalue weighted by molar-refractivity contribution is 5.89. The Bertz CT molecular complexity index is 1730. The molecule has 0 amide bonds. The van der Waals surface area contributed by atoms with Gasteiger partial charge in [0.25, 0.3) is 0 Å². The first-order chi connectivity index (χ1) is 19.9. The van der Waals surface area contributed by atoms with Crippen molar-refractivity contribution >= 4 is 5.97 Å². The van der Waals surface area contributed by atoms with Crippen LogP contribution in [0.25, 0.3) is 28.2 Å². The van der Waals surface area contributed by atoms with Crippen molar-refractivity contribution in [2.75, 3.05) is 0 Å². The number of nitrogens with zero attached hydrogens (tertiary/aromatic N) is 4. The summed E-state index contributed by atoms with van der Waals surface area (Å²) in [6.07, 6.45) is -7.58. The summed E-state index contributed by atoms with van der Waals surface area (Å²) in [6, 6.07) is 20.6. The standard InChI is InChI=1S/C29H18F6N4O3/c30-28(31,32)24-13-12-19(14-36-24)18-10-8-17(9-11-18)16-42-23-6-2-1-4-20(23)22-5-3-7-25(37-22)39-15-21(27(40)41)26(38-39)29(33,34)35/h1-15H,16H2,(H,40,41). The summed E-state index contributed by atoms with van der Waals surface area (Å²) in [6.45, 7) is 0.123. The molecule has 0 saturated carbocycles. The highest BCUT2D eigenvalue weighted by Crippen LogP contribution is 2.33. The van der Waals surface area contributed by atoms with Gasteiger partial charge in [0.1, 0.15) is 23.6 Å². The molecule has 2 aromatic carbocycles. The van der Waals surface area contributed by atoms with Gasteiger partial charge < -0.3 is 9.84 Å². The Labute approximate surface area is 233 Å². The second kappa shape index (κ2) is 11.0. The van der Waals surface area contributed by atoms with Crippen molar-refractivity contribution in [1.82, 2.24) is 19.7 Å². The van der Waals surface area contributed by atoms with Crippen LogP contribution in [-0.2, 0) is 19.0 Å². The molecule has 5 aromatic rings. The molecule has 214 valence electrons. The van der Waals surface area contributed by atoms with Crippen molar-refractivity contribution in [3.63, 3.8) is 0 Å². The minimum atomic E-state index is -4.97. The summed E-state index contributed by atoms with van der Waals surface area (Å²) in [7, 11) is 0. The Morgan fingerprint density at radius 1 is 0.833 bits per heavy atom. The third-order valence-corrected chi connectivity index (χ3v) is 6.08. The van der Waals surface area contributed by atoms with E-state index in [1.165, 1.54) is 12.1 Å². The summed E-state index contributed by atoms with van der Waals surface area (Å²) < 4.78 is 85.0. The number of benzene rings is 2. The number of carbonyl (C=O) groups is 1. The second-order valence-electron chi connectivity index (χ2n) is 8.93. The molecule has 0 unspecified atom stereocenters. The summed E-state index contributed by atoms with van der Waals surface area (Å²) in [5.74, 6) is -1.39. The molecule has 7 nitrogen and oxygen atoms in total. The number of alkyl halides is 6. The van der Waals surface area contributed by atoms with E-state index in [0.29, 0.717) is 28.1 Å². The van der Waals surface area contributed by atoms with Gasteiger partial charge in [0.15, 0.2) is 11.5 Å². The molecule has 0 aliphatic heterocycles. The van der Waals surface area contributed by atoms with Crippen LogP contribution in [0.3, 0.4) is 0 Å². The number of aromatic carboxylic acids is 1. The number of carboxylic acid groups (broad SMARTS) is 1. The van der Waals surface area contributed by atoms with E-state index in [1.54, 1.807) is 60.7 Å². The van der Waals surface area contributed by atoms with Crippen molar-refractivity contribution in [2.24, 2.45) is 0 Å². The minimum Gasteiger partial charge on any atom is -0.488 e. The molecule has 1 N–H and O–H groups in total. The third-order valence-electron chi connectivity index (χ3n) is 6.08. The van der Waals surface area contributed by atoms with E-state index in [0.717, 1.165) is 28.7 Å². The van der Waals surface area contributed by atoms with Crippen LogP contribution in [0.5, 0.6) is 5.75 Å². The molecular weight excluding hydrogens is 566 g/mol. The van der Waals surface area contributed by atoms with Gasteiger partial charge in [-0.25, -0.2) is 14.5 Å².